The highest BCUT2D eigenvalue weighted by atomic mass is 32.1. The predicted octanol–water partition coefficient (Wildman–Crippen LogP) is 5.73. The average Bonchev–Trinajstić information content (AvgIpc) is 2.94. The molecule has 0 fully saturated rings. The lowest BCUT2D eigenvalue weighted by Crippen LogP contribution is -1.98. The number of aliphatic hydroxyl groups is 1. The number of thiophene rings is 1. The Morgan fingerprint density at radius 2 is 1.65 bits per heavy atom. The largest absolute Gasteiger partial charge is 0.493 e. The Hall–Kier alpha value is -1.58. The topological polar surface area (TPSA) is 29.5 Å². The zero-order chi connectivity index (χ0) is 16.4. The van der Waals surface area contributed by atoms with Gasteiger partial charge in [-0.05, 0) is 43.5 Å². The molecule has 0 radical (unpaired) electrons. The van der Waals surface area contributed by atoms with Gasteiger partial charge in [0.2, 0.25) is 0 Å². The third-order valence-electron chi connectivity index (χ3n) is 4.54. The molecule has 0 aliphatic rings. The maximum atomic E-state index is 9.48. The van der Waals surface area contributed by atoms with Crippen LogP contribution in [0.5, 0.6) is 5.75 Å². The van der Waals surface area contributed by atoms with Crippen molar-refractivity contribution in [2.45, 2.75) is 46.6 Å². The Morgan fingerprint density at radius 3 is 2.35 bits per heavy atom. The van der Waals surface area contributed by atoms with Gasteiger partial charge in [0.15, 0.2) is 0 Å². The second-order valence-corrected chi connectivity index (χ2v) is 7.13. The summed E-state index contributed by atoms with van der Waals surface area (Å²) >= 11 is 1.81. The fourth-order valence-electron chi connectivity index (χ4n) is 3.06. The van der Waals surface area contributed by atoms with E-state index >= 15 is 0 Å². The van der Waals surface area contributed by atoms with Crippen molar-refractivity contribution in [2.75, 3.05) is 6.61 Å². The molecule has 0 aliphatic carbocycles. The van der Waals surface area contributed by atoms with Gasteiger partial charge >= 0.3 is 0 Å². The van der Waals surface area contributed by atoms with Crippen molar-refractivity contribution in [1.82, 2.24) is 0 Å². The minimum Gasteiger partial charge on any atom is -0.493 e. The fraction of sp³-hybridized carbons (Fsp3) is 0.400. The van der Waals surface area contributed by atoms with E-state index in [2.05, 4.69) is 39.0 Å². The molecule has 0 saturated heterocycles. The Labute approximate surface area is 141 Å². The van der Waals surface area contributed by atoms with Crippen molar-refractivity contribution in [1.29, 1.82) is 0 Å². The molecule has 0 atom stereocenters. The lowest BCUT2D eigenvalue weighted by Gasteiger charge is -2.09. The molecule has 3 aromatic rings. The first-order chi connectivity index (χ1) is 11.2. The molecular weight excluding hydrogens is 304 g/mol. The van der Waals surface area contributed by atoms with Crippen LogP contribution in [0.1, 0.15) is 42.9 Å². The second-order valence-electron chi connectivity index (χ2n) is 6.11. The predicted molar refractivity (Wildman–Crippen MR) is 99.7 cm³/mol. The summed E-state index contributed by atoms with van der Waals surface area (Å²) in [5, 5.41) is 12.0. The van der Waals surface area contributed by atoms with Crippen molar-refractivity contribution < 1.29 is 9.84 Å². The van der Waals surface area contributed by atoms with Crippen molar-refractivity contribution in [3.8, 4) is 5.75 Å². The molecule has 1 aromatic heterocycles. The van der Waals surface area contributed by atoms with E-state index in [1.54, 1.807) is 0 Å². The van der Waals surface area contributed by atoms with Crippen LogP contribution in [0.25, 0.3) is 20.2 Å². The maximum absolute atomic E-state index is 9.48. The SMILES string of the molecule is CCCCCOc1ccc2c(sc3c(C)c(CO)ccc32)c1C. The van der Waals surface area contributed by atoms with Crippen LogP contribution < -0.4 is 4.74 Å². The van der Waals surface area contributed by atoms with Gasteiger partial charge in [-0.1, -0.05) is 31.9 Å². The van der Waals surface area contributed by atoms with Gasteiger partial charge in [0, 0.05) is 25.7 Å². The number of unbranched alkanes of at least 4 members (excludes halogenated alkanes) is 2. The molecular formula is C20H24O2S. The van der Waals surface area contributed by atoms with Crippen LogP contribution in [-0.4, -0.2) is 11.7 Å². The smallest absolute Gasteiger partial charge is 0.123 e. The molecule has 1 N–H and O–H groups in total. The summed E-state index contributed by atoms with van der Waals surface area (Å²) in [4.78, 5) is 0. The molecule has 0 aliphatic heterocycles. The first-order valence-corrected chi connectivity index (χ1v) is 9.17. The van der Waals surface area contributed by atoms with E-state index in [-0.39, 0.29) is 6.61 Å². The quantitative estimate of drug-likeness (QED) is 0.585. The molecule has 1 heterocycles. The highest BCUT2D eigenvalue weighted by Gasteiger charge is 2.13. The van der Waals surface area contributed by atoms with E-state index in [1.807, 2.05) is 17.4 Å². The van der Waals surface area contributed by atoms with E-state index in [1.165, 1.54) is 44.1 Å². The first kappa shape index (κ1) is 16.3. The average molecular weight is 328 g/mol. The molecule has 0 amide bonds. The molecule has 2 nitrogen and oxygen atoms in total. The molecule has 0 spiro atoms. The van der Waals surface area contributed by atoms with Crippen LogP contribution in [0.15, 0.2) is 24.3 Å². The molecule has 122 valence electrons. The minimum atomic E-state index is 0.0980. The molecule has 0 bridgehead atoms. The third kappa shape index (κ3) is 2.96. The van der Waals surface area contributed by atoms with E-state index in [0.29, 0.717) is 0 Å². The monoisotopic (exact) mass is 328 g/mol. The van der Waals surface area contributed by atoms with Gasteiger partial charge in [0.1, 0.15) is 5.75 Å². The highest BCUT2D eigenvalue weighted by molar-refractivity contribution is 7.26. The highest BCUT2D eigenvalue weighted by Crippen LogP contribution is 2.41. The van der Waals surface area contributed by atoms with Crippen molar-refractivity contribution in [2.24, 2.45) is 0 Å². The molecule has 23 heavy (non-hydrogen) atoms. The maximum Gasteiger partial charge on any atom is 0.123 e. The van der Waals surface area contributed by atoms with Crippen LogP contribution in [0.4, 0.5) is 0 Å². The second kappa shape index (κ2) is 6.90. The molecule has 2 aromatic carbocycles. The third-order valence-corrected chi connectivity index (χ3v) is 6.00. The van der Waals surface area contributed by atoms with Crippen LogP contribution in [0.3, 0.4) is 0 Å². The molecule has 0 saturated carbocycles. The standard InChI is InChI=1S/C20H24O2S/c1-4-5-6-11-22-18-10-9-17-16-8-7-15(12-21)13(2)19(16)23-20(17)14(18)3/h7-10,21H,4-6,11-12H2,1-3H3. The van der Waals surface area contributed by atoms with Crippen LogP contribution in [0, 0.1) is 13.8 Å². The van der Waals surface area contributed by atoms with Crippen LogP contribution in [0.2, 0.25) is 0 Å². The summed E-state index contributed by atoms with van der Waals surface area (Å²) in [5.41, 5.74) is 3.43. The molecule has 0 unspecified atom stereocenters. The van der Waals surface area contributed by atoms with Gasteiger partial charge in [0.05, 0.1) is 13.2 Å². The number of hydrogen-bond donors (Lipinski definition) is 1. The minimum absolute atomic E-state index is 0.0980. The number of rotatable bonds is 6. The summed E-state index contributed by atoms with van der Waals surface area (Å²) in [6.07, 6.45) is 3.54. The zero-order valence-corrected chi connectivity index (χ0v) is 14.9. The molecule has 3 heteroatoms. The van der Waals surface area contributed by atoms with Gasteiger partial charge in [-0.3, -0.25) is 0 Å². The number of benzene rings is 2. The lowest BCUT2D eigenvalue weighted by molar-refractivity contribution is 0.281. The number of ether oxygens (including phenoxy) is 1. The zero-order valence-electron chi connectivity index (χ0n) is 14.1. The van der Waals surface area contributed by atoms with E-state index in [9.17, 15) is 5.11 Å². The number of aliphatic hydroxyl groups excluding tert-OH is 1. The molecule has 3 rings (SSSR count). The van der Waals surface area contributed by atoms with Gasteiger partial charge in [-0.15, -0.1) is 11.3 Å². The Kier molecular flexibility index (Phi) is 4.88. The van der Waals surface area contributed by atoms with Gasteiger partial charge < -0.3 is 9.84 Å². The Balaban J connectivity index is 2.03. The van der Waals surface area contributed by atoms with Crippen molar-refractivity contribution in [3.05, 3.63) is 41.0 Å². The summed E-state index contributed by atoms with van der Waals surface area (Å²) in [6, 6.07) is 8.45. The van der Waals surface area contributed by atoms with Gasteiger partial charge in [-0.25, -0.2) is 0 Å². The number of aryl methyl sites for hydroxylation is 2. The Bertz CT molecular complexity index is 833. The number of fused-ring (bicyclic) bond motifs is 3. The van der Waals surface area contributed by atoms with Gasteiger partial charge in [0.25, 0.3) is 0 Å². The summed E-state index contributed by atoms with van der Waals surface area (Å²) in [6.45, 7) is 7.34. The summed E-state index contributed by atoms with van der Waals surface area (Å²) in [5.74, 6) is 1.00. The van der Waals surface area contributed by atoms with Crippen molar-refractivity contribution in [3.63, 3.8) is 0 Å². The summed E-state index contributed by atoms with van der Waals surface area (Å²) < 4.78 is 8.56. The van der Waals surface area contributed by atoms with Crippen LogP contribution in [-0.2, 0) is 6.61 Å². The van der Waals surface area contributed by atoms with Gasteiger partial charge in [-0.2, -0.15) is 0 Å². The van der Waals surface area contributed by atoms with Crippen molar-refractivity contribution >= 4 is 31.5 Å². The fourth-order valence-corrected chi connectivity index (χ4v) is 4.38. The van der Waals surface area contributed by atoms with E-state index in [0.717, 1.165) is 24.3 Å². The first-order valence-electron chi connectivity index (χ1n) is 8.35. The normalized spacial score (nSPS) is 11.5. The number of hydrogen-bond acceptors (Lipinski definition) is 3. The lowest BCUT2D eigenvalue weighted by atomic mass is 10.0. The van der Waals surface area contributed by atoms with E-state index < -0.39 is 0 Å². The summed E-state index contributed by atoms with van der Waals surface area (Å²) in [7, 11) is 0. The Morgan fingerprint density at radius 1 is 0.957 bits per heavy atom. The van der Waals surface area contributed by atoms with Crippen LogP contribution >= 0.6 is 11.3 Å². The van der Waals surface area contributed by atoms with E-state index in [4.69, 9.17) is 4.74 Å².